The van der Waals surface area contributed by atoms with Crippen LogP contribution >= 0.6 is 23.2 Å². The molecule has 1 atom stereocenters. The van der Waals surface area contributed by atoms with E-state index in [0.29, 0.717) is 45.8 Å². The van der Waals surface area contributed by atoms with Crippen molar-refractivity contribution in [3.63, 3.8) is 0 Å². The molecule has 0 fully saturated rings. The standard InChI is InChI=1S/C30H34Cl2N2O5/c1-4-5-14-33-30(36)28(15-21-10-7-6-8-11-21)34(19-25-26(31)12-9-13-27(25)32)29(35)20-39-24-17-22(37-2)16-23(18-24)38-3/h6-13,16-18,28H,4-5,14-15,19-20H2,1-3H3,(H,33,36)/t28-/m1/s1. The molecular formula is C30H34Cl2N2O5. The summed E-state index contributed by atoms with van der Waals surface area (Å²) in [5, 5.41) is 3.80. The molecule has 0 saturated carbocycles. The number of nitrogens with one attached hydrogen (secondary N) is 1. The van der Waals surface area contributed by atoms with Crippen LogP contribution < -0.4 is 19.5 Å². The van der Waals surface area contributed by atoms with Crippen LogP contribution in [0.25, 0.3) is 0 Å². The van der Waals surface area contributed by atoms with Gasteiger partial charge in [-0.1, -0.05) is 72.9 Å². The average molecular weight is 574 g/mol. The molecule has 3 aromatic rings. The van der Waals surface area contributed by atoms with Gasteiger partial charge in [-0.05, 0) is 24.1 Å². The number of unbranched alkanes of at least 4 members (excludes halogenated alkanes) is 1. The molecule has 0 radical (unpaired) electrons. The summed E-state index contributed by atoms with van der Waals surface area (Å²) in [6.07, 6.45) is 2.06. The molecule has 0 aliphatic heterocycles. The highest BCUT2D eigenvalue weighted by Gasteiger charge is 2.31. The Hall–Kier alpha value is -3.42. The second-order valence-corrected chi connectivity index (χ2v) is 9.72. The van der Waals surface area contributed by atoms with Crippen LogP contribution in [0, 0.1) is 0 Å². The number of methoxy groups -OCH3 is 2. The number of carbonyl (C=O) groups is 2. The Bertz CT molecular complexity index is 1200. The number of amides is 2. The van der Waals surface area contributed by atoms with Gasteiger partial charge in [0.1, 0.15) is 23.3 Å². The highest BCUT2D eigenvalue weighted by molar-refractivity contribution is 6.36. The van der Waals surface area contributed by atoms with Crippen molar-refractivity contribution in [2.75, 3.05) is 27.4 Å². The lowest BCUT2D eigenvalue weighted by Crippen LogP contribution is -2.52. The van der Waals surface area contributed by atoms with Gasteiger partial charge in [-0.2, -0.15) is 0 Å². The van der Waals surface area contributed by atoms with Gasteiger partial charge in [0.15, 0.2) is 6.61 Å². The molecule has 0 unspecified atom stereocenters. The van der Waals surface area contributed by atoms with Crippen molar-refractivity contribution in [3.8, 4) is 17.2 Å². The van der Waals surface area contributed by atoms with Gasteiger partial charge in [-0.15, -0.1) is 0 Å². The molecule has 0 aliphatic carbocycles. The lowest BCUT2D eigenvalue weighted by Gasteiger charge is -2.32. The third-order valence-electron chi connectivity index (χ3n) is 6.18. The lowest BCUT2D eigenvalue weighted by molar-refractivity contribution is -0.142. The topological polar surface area (TPSA) is 77.1 Å². The Morgan fingerprint density at radius 3 is 2.10 bits per heavy atom. The summed E-state index contributed by atoms with van der Waals surface area (Å²) < 4.78 is 16.5. The fraction of sp³-hybridized carbons (Fsp3) is 0.333. The van der Waals surface area contributed by atoms with Gasteiger partial charge < -0.3 is 24.4 Å². The van der Waals surface area contributed by atoms with Crippen molar-refractivity contribution < 1.29 is 23.8 Å². The molecule has 3 rings (SSSR count). The molecule has 3 aromatic carbocycles. The number of nitrogens with zero attached hydrogens (tertiary/aromatic N) is 1. The highest BCUT2D eigenvalue weighted by Crippen LogP contribution is 2.29. The van der Waals surface area contributed by atoms with Crippen LogP contribution in [0.2, 0.25) is 10.0 Å². The molecule has 9 heteroatoms. The molecule has 0 saturated heterocycles. The molecule has 0 spiro atoms. The van der Waals surface area contributed by atoms with E-state index in [4.69, 9.17) is 37.4 Å². The first-order valence-corrected chi connectivity index (χ1v) is 13.5. The van der Waals surface area contributed by atoms with Crippen molar-refractivity contribution in [2.24, 2.45) is 0 Å². The van der Waals surface area contributed by atoms with E-state index in [1.165, 1.54) is 19.1 Å². The number of hydrogen-bond acceptors (Lipinski definition) is 5. The summed E-state index contributed by atoms with van der Waals surface area (Å²) >= 11 is 13.0. The molecule has 7 nitrogen and oxygen atoms in total. The first-order chi connectivity index (χ1) is 18.9. The molecule has 2 amide bonds. The largest absolute Gasteiger partial charge is 0.496 e. The highest BCUT2D eigenvalue weighted by atomic mass is 35.5. The van der Waals surface area contributed by atoms with Crippen molar-refractivity contribution in [1.29, 1.82) is 0 Å². The number of rotatable bonds is 14. The van der Waals surface area contributed by atoms with Gasteiger partial charge in [0.05, 0.1) is 14.2 Å². The van der Waals surface area contributed by atoms with Gasteiger partial charge in [0, 0.05) is 53.3 Å². The minimum atomic E-state index is -0.826. The normalized spacial score (nSPS) is 11.4. The van der Waals surface area contributed by atoms with E-state index < -0.39 is 11.9 Å². The first kappa shape index (κ1) is 30.1. The number of benzene rings is 3. The lowest BCUT2D eigenvalue weighted by atomic mass is 10.0. The fourth-order valence-corrected chi connectivity index (χ4v) is 4.52. The zero-order chi connectivity index (χ0) is 28.2. The predicted octanol–water partition coefficient (Wildman–Crippen LogP) is 5.95. The van der Waals surface area contributed by atoms with Crippen molar-refractivity contribution in [2.45, 2.75) is 38.8 Å². The molecular weight excluding hydrogens is 539 g/mol. The van der Waals surface area contributed by atoms with Crippen molar-refractivity contribution >= 4 is 35.0 Å². The summed E-state index contributed by atoms with van der Waals surface area (Å²) in [4.78, 5) is 28.8. The van der Waals surface area contributed by atoms with Crippen LogP contribution in [0.3, 0.4) is 0 Å². The number of hydrogen-bond donors (Lipinski definition) is 1. The average Bonchev–Trinajstić information content (AvgIpc) is 2.95. The summed E-state index contributed by atoms with van der Waals surface area (Å²) in [6, 6.07) is 18.9. The Morgan fingerprint density at radius 2 is 1.51 bits per heavy atom. The van der Waals surface area contributed by atoms with Crippen LogP contribution in [0.1, 0.15) is 30.9 Å². The maximum Gasteiger partial charge on any atom is 0.261 e. The number of carbonyl (C=O) groups excluding carboxylic acids is 2. The monoisotopic (exact) mass is 572 g/mol. The van der Waals surface area contributed by atoms with Gasteiger partial charge in [-0.3, -0.25) is 9.59 Å². The molecule has 0 aliphatic rings. The van der Waals surface area contributed by atoms with Crippen LogP contribution in [-0.2, 0) is 22.6 Å². The minimum absolute atomic E-state index is 0.0286. The second-order valence-electron chi connectivity index (χ2n) is 8.91. The van der Waals surface area contributed by atoms with E-state index in [1.807, 2.05) is 37.3 Å². The molecule has 0 bridgehead atoms. The van der Waals surface area contributed by atoms with Crippen LogP contribution in [0.5, 0.6) is 17.2 Å². The molecule has 1 N–H and O–H groups in total. The van der Waals surface area contributed by atoms with Gasteiger partial charge in [0.2, 0.25) is 5.91 Å². The van der Waals surface area contributed by atoms with Gasteiger partial charge in [-0.25, -0.2) is 0 Å². The van der Waals surface area contributed by atoms with Crippen molar-refractivity contribution in [3.05, 3.63) is 87.9 Å². The van der Waals surface area contributed by atoms with Gasteiger partial charge in [0.25, 0.3) is 5.91 Å². The fourth-order valence-electron chi connectivity index (χ4n) is 4.01. The Labute approximate surface area is 240 Å². The van der Waals surface area contributed by atoms with E-state index in [0.717, 1.165) is 18.4 Å². The number of halogens is 2. The van der Waals surface area contributed by atoms with Crippen LogP contribution in [0.4, 0.5) is 0 Å². The summed E-state index contributed by atoms with van der Waals surface area (Å²) in [5.41, 5.74) is 1.46. The zero-order valence-electron chi connectivity index (χ0n) is 22.4. The molecule has 0 aromatic heterocycles. The zero-order valence-corrected chi connectivity index (χ0v) is 23.9. The van der Waals surface area contributed by atoms with E-state index in [9.17, 15) is 9.59 Å². The SMILES string of the molecule is CCCCNC(=O)[C@@H](Cc1ccccc1)N(Cc1c(Cl)cccc1Cl)C(=O)COc1cc(OC)cc(OC)c1. The maximum atomic E-state index is 13.8. The quantitative estimate of drug-likeness (QED) is 0.242. The first-order valence-electron chi connectivity index (χ1n) is 12.8. The second kappa shape index (κ2) is 15.2. The molecule has 208 valence electrons. The van der Waals surface area contributed by atoms with Crippen LogP contribution in [-0.4, -0.2) is 50.1 Å². The molecule has 39 heavy (non-hydrogen) atoms. The van der Waals surface area contributed by atoms with Crippen molar-refractivity contribution in [1.82, 2.24) is 10.2 Å². The third-order valence-corrected chi connectivity index (χ3v) is 6.89. The summed E-state index contributed by atoms with van der Waals surface area (Å²) in [7, 11) is 3.06. The predicted molar refractivity (Wildman–Crippen MR) is 154 cm³/mol. The molecule has 0 heterocycles. The summed E-state index contributed by atoms with van der Waals surface area (Å²) in [6.45, 7) is 2.26. The Morgan fingerprint density at radius 1 is 0.897 bits per heavy atom. The Balaban J connectivity index is 1.95. The smallest absolute Gasteiger partial charge is 0.261 e. The Kier molecular flexibility index (Phi) is 11.8. The van der Waals surface area contributed by atoms with E-state index in [-0.39, 0.29) is 19.1 Å². The van der Waals surface area contributed by atoms with E-state index in [2.05, 4.69) is 5.32 Å². The summed E-state index contributed by atoms with van der Waals surface area (Å²) in [5.74, 6) is 0.774. The van der Waals surface area contributed by atoms with E-state index in [1.54, 1.807) is 36.4 Å². The van der Waals surface area contributed by atoms with E-state index >= 15 is 0 Å². The van der Waals surface area contributed by atoms with Gasteiger partial charge >= 0.3 is 0 Å². The third kappa shape index (κ3) is 8.80. The maximum absolute atomic E-state index is 13.8. The van der Waals surface area contributed by atoms with Crippen LogP contribution in [0.15, 0.2) is 66.7 Å². The minimum Gasteiger partial charge on any atom is -0.496 e. The number of ether oxygens (including phenoxy) is 3.